The molecule has 1 N–H and O–H groups in total. The highest BCUT2D eigenvalue weighted by Crippen LogP contribution is 2.57. The van der Waals surface area contributed by atoms with Gasteiger partial charge in [-0.15, -0.1) is 11.8 Å². The quantitative estimate of drug-likeness (QED) is 0.171. The molecule has 5 aromatic rings. The van der Waals surface area contributed by atoms with Gasteiger partial charge >= 0.3 is 5.97 Å². The summed E-state index contributed by atoms with van der Waals surface area (Å²) >= 11 is 1.16. The summed E-state index contributed by atoms with van der Waals surface area (Å²) in [5.41, 5.74) is 4.10. The monoisotopic (exact) mass is 697 g/mol. The van der Waals surface area contributed by atoms with Gasteiger partial charge in [0.1, 0.15) is 12.3 Å². The molecule has 0 radical (unpaired) electrons. The third-order valence-corrected chi connectivity index (χ3v) is 13.1. The van der Waals surface area contributed by atoms with Crippen molar-refractivity contribution >= 4 is 54.8 Å². The number of benzene rings is 5. The van der Waals surface area contributed by atoms with Crippen LogP contribution in [0.2, 0.25) is 0 Å². The average Bonchev–Trinajstić information content (AvgIpc) is 3.07. The van der Waals surface area contributed by atoms with Crippen molar-refractivity contribution in [2.75, 3.05) is 19.3 Å². The number of carboxylic acid groups (broad SMARTS) is 1. The van der Waals surface area contributed by atoms with Crippen LogP contribution in [0.15, 0.2) is 136 Å². The number of carboxylic acids is 1. The molecule has 0 aromatic heterocycles. The van der Waals surface area contributed by atoms with E-state index in [1.165, 1.54) is 8.61 Å². The summed E-state index contributed by atoms with van der Waals surface area (Å²) in [6, 6.07) is 34.5. The first-order chi connectivity index (χ1) is 23.0. The van der Waals surface area contributed by atoms with Crippen LogP contribution in [0, 0.1) is 13.8 Å². The van der Waals surface area contributed by atoms with Crippen LogP contribution >= 0.6 is 11.8 Å². The van der Waals surface area contributed by atoms with Gasteiger partial charge in [-0.3, -0.25) is 4.79 Å². The van der Waals surface area contributed by atoms with E-state index in [4.69, 9.17) is 0 Å². The first kappa shape index (κ1) is 31.8. The minimum Gasteiger partial charge on any atom is -0.481 e. The SMILES string of the molecule is Cc1ccc(S(=O)(=O)N2c3ccccc3[C@H]3N(c4ccc(SCC(=O)O)cc4)[C@H]2c2ccccc2N3S(=O)(=O)c2ccc(C)cc2)cc1. The molecule has 7 rings (SSSR count). The molecule has 0 spiro atoms. The van der Waals surface area contributed by atoms with Gasteiger partial charge in [0.25, 0.3) is 20.0 Å². The maximum absolute atomic E-state index is 14.8. The number of nitrogens with zero attached hydrogens (tertiary/aromatic N) is 3. The zero-order valence-electron chi connectivity index (χ0n) is 26.0. The Kier molecular flexibility index (Phi) is 7.97. The van der Waals surface area contributed by atoms with Crippen molar-refractivity contribution in [1.82, 2.24) is 0 Å². The maximum Gasteiger partial charge on any atom is 0.313 e. The highest BCUT2D eigenvalue weighted by Gasteiger charge is 2.54. The first-order valence-corrected chi connectivity index (χ1v) is 19.0. The molecule has 48 heavy (non-hydrogen) atoms. The Balaban J connectivity index is 1.51. The molecular weight excluding hydrogens is 667 g/mol. The van der Waals surface area contributed by atoms with Crippen molar-refractivity contribution < 1.29 is 26.7 Å². The molecule has 244 valence electrons. The molecule has 0 unspecified atom stereocenters. The van der Waals surface area contributed by atoms with Gasteiger partial charge in [0.2, 0.25) is 0 Å². The van der Waals surface area contributed by atoms with Crippen LogP contribution in [0.25, 0.3) is 0 Å². The molecule has 5 aromatic carbocycles. The molecule has 2 aliphatic heterocycles. The number of aliphatic carboxylic acids is 1. The van der Waals surface area contributed by atoms with E-state index >= 15 is 0 Å². The molecule has 0 aliphatic carbocycles. The summed E-state index contributed by atoms with van der Waals surface area (Å²) in [4.78, 5) is 14.0. The van der Waals surface area contributed by atoms with Crippen LogP contribution in [0.1, 0.15) is 34.6 Å². The molecule has 2 bridgehead atoms. The van der Waals surface area contributed by atoms with Crippen LogP contribution < -0.4 is 13.5 Å². The molecule has 2 atom stereocenters. The fraction of sp³-hybridized carbons (Fsp3) is 0.139. The van der Waals surface area contributed by atoms with E-state index in [0.717, 1.165) is 22.9 Å². The first-order valence-electron chi connectivity index (χ1n) is 15.1. The second kappa shape index (κ2) is 12.0. The van der Waals surface area contributed by atoms with Crippen molar-refractivity contribution in [3.05, 3.63) is 144 Å². The number of hydrogen-bond acceptors (Lipinski definition) is 7. The smallest absolute Gasteiger partial charge is 0.313 e. The van der Waals surface area contributed by atoms with Crippen LogP contribution in [0.3, 0.4) is 0 Å². The second-order valence-electron chi connectivity index (χ2n) is 11.7. The summed E-state index contributed by atoms with van der Waals surface area (Å²) in [6.45, 7) is 3.77. The van der Waals surface area contributed by atoms with E-state index in [1.54, 1.807) is 121 Å². The maximum atomic E-state index is 14.8. The average molecular weight is 698 g/mol. The Morgan fingerprint density at radius 3 is 1.46 bits per heavy atom. The summed E-state index contributed by atoms with van der Waals surface area (Å²) in [6.07, 6.45) is -1.95. The van der Waals surface area contributed by atoms with Crippen LogP contribution in [-0.2, 0) is 24.8 Å². The van der Waals surface area contributed by atoms with Gasteiger partial charge in [0.15, 0.2) is 0 Å². The minimum absolute atomic E-state index is 0.105. The molecule has 2 heterocycles. The number of hydrogen-bond donors (Lipinski definition) is 1. The van der Waals surface area contributed by atoms with Crippen molar-refractivity contribution in [1.29, 1.82) is 0 Å². The van der Waals surface area contributed by atoms with Crippen LogP contribution in [0.5, 0.6) is 0 Å². The van der Waals surface area contributed by atoms with E-state index in [1.807, 2.05) is 18.7 Å². The third kappa shape index (κ3) is 5.29. The second-order valence-corrected chi connectivity index (χ2v) is 16.4. The Hall–Kier alpha value is -4.78. The lowest BCUT2D eigenvalue weighted by atomic mass is 9.95. The minimum atomic E-state index is -4.21. The summed E-state index contributed by atoms with van der Waals surface area (Å²) in [7, 11) is -8.42. The van der Waals surface area contributed by atoms with E-state index < -0.39 is 38.3 Å². The summed E-state index contributed by atoms with van der Waals surface area (Å²) in [5.74, 6) is -1.07. The standard InChI is InChI=1S/C36H31N3O6S3/c1-24-11-19-28(20-12-24)47(42,43)38-32-9-5-3-7-30(32)36-37(26-15-17-27(18-16-26)46-23-34(40)41)35(38)31-8-4-6-10-33(31)39(36)48(44,45)29-21-13-25(2)14-22-29/h3-22,35-36H,23H2,1-2H3,(H,40,41)/t35-,36+. The number of aryl methyl sites for hydroxylation is 2. The van der Waals surface area contributed by atoms with Gasteiger partial charge < -0.3 is 10.0 Å². The molecule has 9 nitrogen and oxygen atoms in total. The molecule has 12 heteroatoms. The number of thioether (sulfide) groups is 1. The van der Waals surface area contributed by atoms with Crippen molar-refractivity contribution in [3.8, 4) is 0 Å². The number of fused-ring (bicyclic) bond motifs is 6. The lowest BCUT2D eigenvalue weighted by molar-refractivity contribution is -0.133. The van der Waals surface area contributed by atoms with Gasteiger partial charge in [-0.25, -0.2) is 25.4 Å². The van der Waals surface area contributed by atoms with Gasteiger partial charge in [0.05, 0.1) is 26.9 Å². The highest BCUT2D eigenvalue weighted by atomic mass is 32.2. The molecule has 0 saturated heterocycles. The Bertz CT molecular complexity index is 2110. The molecular formula is C36H31N3O6S3. The number of rotatable bonds is 8. The molecule has 0 fully saturated rings. The van der Waals surface area contributed by atoms with Gasteiger partial charge in [-0.05, 0) is 74.5 Å². The lowest BCUT2D eigenvalue weighted by Gasteiger charge is -2.56. The van der Waals surface area contributed by atoms with Crippen molar-refractivity contribution in [3.63, 3.8) is 0 Å². The number of anilines is 3. The summed E-state index contributed by atoms with van der Waals surface area (Å²) in [5, 5.41) is 9.20. The van der Waals surface area contributed by atoms with E-state index in [2.05, 4.69) is 0 Å². The van der Waals surface area contributed by atoms with Gasteiger partial charge in [0, 0.05) is 21.7 Å². The van der Waals surface area contributed by atoms with Crippen LogP contribution in [-0.4, -0.2) is 33.7 Å². The van der Waals surface area contributed by atoms with Crippen LogP contribution in [0.4, 0.5) is 17.1 Å². The predicted molar refractivity (Wildman–Crippen MR) is 187 cm³/mol. The fourth-order valence-electron chi connectivity index (χ4n) is 6.30. The highest BCUT2D eigenvalue weighted by molar-refractivity contribution is 8.00. The number of sulfonamides is 2. The fourth-order valence-corrected chi connectivity index (χ4v) is 10.1. The van der Waals surface area contributed by atoms with Crippen molar-refractivity contribution in [2.24, 2.45) is 0 Å². The van der Waals surface area contributed by atoms with E-state index in [-0.39, 0.29) is 15.5 Å². The lowest BCUT2D eigenvalue weighted by Crippen LogP contribution is -2.59. The van der Waals surface area contributed by atoms with Gasteiger partial charge in [-0.1, -0.05) is 71.8 Å². The third-order valence-electron chi connectivity index (χ3n) is 8.53. The normalized spacial score (nSPS) is 17.1. The topological polar surface area (TPSA) is 115 Å². The molecule has 2 aliphatic rings. The Morgan fingerprint density at radius 2 is 1.04 bits per heavy atom. The summed E-state index contributed by atoms with van der Waals surface area (Å²) < 4.78 is 62.0. The molecule has 0 amide bonds. The molecule has 0 saturated carbocycles. The zero-order valence-corrected chi connectivity index (χ0v) is 28.4. The van der Waals surface area contributed by atoms with E-state index in [9.17, 15) is 26.7 Å². The van der Waals surface area contributed by atoms with Gasteiger partial charge in [-0.2, -0.15) is 0 Å². The Morgan fingerprint density at radius 1 is 0.625 bits per heavy atom. The predicted octanol–water partition coefficient (Wildman–Crippen LogP) is 7.10. The van der Waals surface area contributed by atoms with E-state index in [0.29, 0.717) is 33.1 Å². The number of carbonyl (C=O) groups is 1. The Labute approximate surface area is 284 Å². The van der Waals surface area contributed by atoms with Crippen molar-refractivity contribution in [2.45, 2.75) is 40.9 Å². The number of para-hydroxylation sites is 2. The largest absolute Gasteiger partial charge is 0.481 e. The zero-order chi connectivity index (χ0) is 33.8.